The zero-order valence-electron chi connectivity index (χ0n) is 17.0. The van der Waals surface area contributed by atoms with Gasteiger partial charge in [-0.1, -0.05) is 23.8 Å². The number of halogens is 3. The average Bonchev–Trinajstić information content (AvgIpc) is 3.09. The van der Waals surface area contributed by atoms with Crippen molar-refractivity contribution in [3.05, 3.63) is 64.9 Å². The number of carboxylic acid groups (broad SMARTS) is 1. The van der Waals surface area contributed by atoms with Crippen LogP contribution in [0.25, 0.3) is 5.57 Å². The molecular formula is C22H22F3N3O3. The van der Waals surface area contributed by atoms with E-state index >= 15 is 0 Å². The van der Waals surface area contributed by atoms with Gasteiger partial charge in [0.15, 0.2) is 0 Å². The molecule has 0 saturated heterocycles. The second-order valence-electron chi connectivity index (χ2n) is 7.32. The normalized spacial score (nSPS) is 14.8. The quantitative estimate of drug-likeness (QED) is 0.589. The van der Waals surface area contributed by atoms with Crippen LogP contribution in [-0.4, -0.2) is 23.5 Å². The highest BCUT2D eigenvalue weighted by molar-refractivity contribution is 5.91. The number of carbonyl (C=O) groups is 2. The van der Waals surface area contributed by atoms with Crippen molar-refractivity contribution in [2.75, 3.05) is 11.4 Å². The number of aryl methyl sites for hydroxylation is 1. The minimum atomic E-state index is -4.47. The van der Waals surface area contributed by atoms with Crippen molar-refractivity contribution < 1.29 is 27.9 Å². The summed E-state index contributed by atoms with van der Waals surface area (Å²) in [6.45, 7) is 3.94. The number of hydrogen-bond donors (Lipinski definition) is 3. The van der Waals surface area contributed by atoms with E-state index in [1.165, 1.54) is 6.07 Å². The van der Waals surface area contributed by atoms with Crippen molar-refractivity contribution in [1.29, 1.82) is 0 Å². The maximum Gasteiger partial charge on any atom is 0.416 e. The number of anilines is 2. The van der Waals surface area contributed by atoms with Crippen molar-refractivity contribution in [2.24, 2.45) is 0 Å². The molecule has 3 N–H and O–H groups in total. The number of fused-ring (bicyclic) bond motifs is 1. The molecule has 1 aliphatic heterocycles. The lowest BCUT2D eigenvalue weighted by atomic mass is 10.0. The van der Waals surface area contributed by atoms with Crippen LogP contribution in [0, 0.1) is 6.92 Å². The number of amides is 1. The lowest BCUT2D eigenvalue weighted by molar-refractivity contribution is -0.139. The SMILES string of the molecule is C/C(NNC(=O)CCC(=O)O)=C1/CN(c2ccc(C)cc2)c2cc(C(F)(F)F)ccc21. The van der Waals surface area contributed by atoms with Crippen LogP contribution in [0.2, 0.25) is 0 Å². The number of rotatable bonds is 6. The first kappa shape index (κ1) is 22.2. The van der Waals surface area contributed by atoms with Gasteiger partial charge in [-0.3, -0.25) is 15.0 Å². The van der Waals surface area contributed by atoms with E-state index < -0.39 is 23.6 Å². The summed E-state index contributed by atoms with van der Waals surface area (Å²) in [5.41, 5.74) is 8.56. The second-order valence-corrected chi connectivity index (χ2v) is 7.32. The number of alkyl halides is 3. The van der Waals surface area contributed by atoms with Gasteiger partial charge >= 0.3 is 12.1 Å². The molecule has 1 heterocycles. The first-order chi connectivity index (χ1) is 14.6. The van der Waals surface area contributed by atoms with Crippen molar-refractivity contribution in [2.45, 2.75) is 32.9 Å². The number of carboxylic acids is 1. The molecule has 1 amide bonds. The zero-order chi connectivity index (χ0) is 22.8. The Morgan fingerprint density at radius 2 is 1.74 bits per heavy atom. The van der Waals surface area contributed by atoms with Crippen LogP contribution in [0.1, 0.15) is 36.5 Å². The Hall–Kier alpha value is -3.49. The number of carbonyl (C=O) groups excluding carboxylic acids is 1. The van der Waals surface area contributed by atoms with E-state index in [1.54, 1.807) is 11.8 Å². The summed E-state index contributed by atoms with van der Waals surface area (Å²) in [5.74, 6) is -1.58. The molecule has 1 aliphatic rings. The third-order valence-electron chi connectivity index (χ3n) is 5.01. The minimum Gasteiger partial charge on any atom is -0.481 e. The van der Waals surface area contributed by atoms with Crippen LogP contribution >= 0.6 is 0 Å². The summed E-state index contributed by atoms with van der Waals surface area (Å²) < 4.78 is 39.9. The van der Waals surface area contributed by atoms with Crippen LogP contribution in [0.15, 0.2) is 48.2 Å². The van der Waals surface area contributed by atoms with E-state index in [1.807, 2.05) is 31.2 Å². The van der Waals surface area contributed by atoms with Crippen molar-refractivity contribution in [3.63, 3.8) is 0 Å². The summed E-state index contributed by atoms with van der Waals surface area (Å²) in [5, 5.41) is 8.66. The number of aliphatic carboxylic acids is 1. The molecule has 0 bridgehead atoms. The minimum absolute atomic E-state index is 0.189. The highest BCUT2D eigenvalue weighted by Gasteiger charge is 2.34. The van der Waals surface area contributed by atoms with Crippen LogP contribution in [0.3, 0.4) is 0 Å². The lowest BCUT2D eigenvalue weighted by Gasteiger charge is -2.20. The Morgan fingerprint density at radius 3 is 2.35 bits per heavy atom. The first-order valence-corrected chi connectivity index (χ1v) is 9.58. The third kappa shape index (κ3) is 5.17. The van der Waals surface area contributed by atoms with E-state index in [0.29, 0.717) is 23.5 Å². The van der Waals surface area contributed by atoms with Crippen LogP contribution < -0.4 is 15.8 Å². The number of hydrogen-bond acceptors (Lipinski definition) is 4. The van der Waals surface area contributed by atoms with Crippen LogP contribution in [0.5, 0.6) is 0 Å². The smallest absolute Gasteiger partial charge is 0.416 e. The van der Waals surface area contributed by atoms with Crippen LogP contribution in [-0.2, 0) is 15.8 Å². The van der Waals surface area contributed by atoms with Crippen molar-refractivity contribution >= 4 is 28.8 Å². The highest BCUT2D eigenvalue weighted by Crippen LogP contribution is 2.44. The van der Waals surface area contributed by atoms with E-state index in [0.717, 1.165) is 29.0 Å². The molecular weight excluding hydrogens is 411 g/mol. The van der Waals surface area contributed by atoms with E-state index in [-0.39, 0.29) is 12.8 Å². The van der Waals surface area contributed by atoms with E-state index in [2.05, 4.69) is 10.9 Å². The van der Waals surface area contributed by atoms with Gasteiger partial charge in [0.25, 0.3) is 0 Å². The molecule has 2 aromatic carbocycles. The Bertz CT molecular complexity index is 1030. The molecule has 3 rings (SSSR count). The lowest BCUT2D eigenvalue weighted by Crippen LogP contribution is -2.36. The molecule has 0 saturated carbocycles. The number of nitrogens with zero attached hydrogens (tertiary/aromatic N) is 1. The molecule has 0 radical (unpaired) electrons. The zero-order valence-corrected chi connectivity index (χ0v) is 17.0. The fourth-order valence-corrected chi connectivity index (χ4v) is 3.31. The fourth-order valence-electron chi connectivity index (χ4n) is 3.31. The number of benzene rings is 2. The maximum atomic E-state index is 13.3. The van der Waals surface area contributed by atoms with Gasteiger partial charge < -0.3 is 15.4 Å². The Labute approximate surface area is 177 Å². The van der Waals surface area contributed by atoms with Gasteiger partial charge in [-0.05, 0) is 38.1 Å². The monoisotopic (exact) mass is 433 g/mol. The van der Waals surface area contributed by atoms with Crippen LogP contribution in [0.4, 0.5) is 24.5 Å². The molecule has 31 heavy (non-hydrogen) atoms. The molecule has 164 valence electrons. The highest BCUT2D eigenvalue weighted by atomic mass is 19.4. The summed E-state index contributed by atoms with van der Waals surface area (Å²) >= 11 is 0. The topological polar surface area (TPSA) is 81.7 Å². The first-order valence-electron chi connectivity index (χ1n) is 9.58. The van der Waals surface area contributed by atoms with Crippen molar-refractivity contribution in [1.82, 2.24) is 10.9 Å². The summed E-state index contributed by atoms with van der Waals surface area (Å²) in [6.07, 6.45) is -4.95. The van der Waals surface area contributed by atoms with Gasteiger partial charge in [-0.15, -0.1) is 0 Å². The Morgan fingerprint density at radius 1 is 1.06 bits per heavy atom. The number of nitrogens with one attached hydrogen (secondary N) is 2. The summed E-state index contributed by atoms with van der Waals surface area (Å²) in [7, 11) is 0. The van der Waals surface area contributed by atoms with Crippen molar-refractivity contribution in [3.8, 4) is 0 Å². The van der Waals surface area contributed by atoms with E-state index in [9.17, 15) is 22.8 Å². The van der Waals surface area contributed by atoms with Gasteiger partial charge in [0, 0.05) is 34.6 Å². The van der Waals surface area contributed by atoms with Gasteiger partial charge in [-0.2, -0.15) is 13.2 Å². The second kappa shape index (κ2) is 8.71. The Kier molecular flexibility index (Phi) is 6.24. The largest absolute Gasteiger partial charge is 0.481 e. The molecule has 6 nitrogen and oxygen atoms in total. The van der Waals surface area contributed by atoms with Gasteiger partial charge in [-0.25, -0.2) is 0 Å². The standard InChI is InChI=1S/C22H22F3N3O3/c1-13-3-6-16(7-4-13)28-12-18(14(2)26-27-20(29)9-10-21(30)31)17-8-5-15(11-19(17)28)22(23,24)25/h3-8,11,26H,9-10,12H2,1-2H3,(H,27,29)(H,30,31)/b18-14+. The molecule has 0 aliphatic carbocycles. The fraction of sp³-hybridized carbons (Fsp3) is 0.273. The maximum absolute atomic E-state index is 13.3. The molecule has 0 aromatic heterocycles. The molecule has 0 spiro atoms. The molecule has 0 unspecified atom stereocenters. The Balaban J connectivity index is 1.93. The van der Waals surface area contributed by atoms with Gasteiger partial charge in [0.2, 0.25) is 5.91 Å². The molecule has 0 fully saturated rings. The third-order valence-corrected chi connectivity index (χ3v) is 5.01. The molecule has 0 atom stereocenters. The predicted octanol–water partition coefficient (Wildman–Crippen LogP) is 4.38. The molecule has 9 heteroatoms. The van der Waals surface area contributed by atoms with Gasteiger partial charge in [0.05, 0.1) is 18.5 Å². The average molecular weight is 433 g/mol. The summed E-state index contributed by atoms with van der Waals surface area (Å²) in [4.78, 5) is 24.2. The number of allylic oxidation sites excluding steroid dienone is 1. The summed E-state index contributed by atoms with van der Waals surface area (Å²) in [6, 6.07) is 11.1. The predicted molar refractivity (Wildman–Crippen MR) is 110 cm³/mol. The molecule has 2 aromatic rings. The van der Waals surface area contributed by atoms with E-state index in [4.69, 9.17) is 5.11 Å². The van der Waals surface area contributed by atoms with Gasteiger partial charge in [0.1, 0.15) is 0 Å². The number of hydrazine groups is 1.